The molecule has 7 amide bonds. The van der Waals surface area contributed by atoms with Crippen LogP contribution in [0, 0.1) is 5.92 Å². The van der Waals surface area contributed by atoms with Gasteiger partial charge in [0.05, 0.1) is 18.2 Å². The zero-order chi connectivity index (χ0) is 50.4. The SMILES string of the molecule is CSC[C@H](NC(=O)[C@H](Cc1ccc(O)cc1)NC(=O)[C@H](C)NC(=O)[C@H](C)N)C(=O)NCC(=O)N[C@@H](CC(C)C)C(=O)N1CCC[C@H]1C(=O)NCCCNc1cccc2c1C(=O)c1ccccc1C2=O. The lowest BCUT2D eigenvalue weighted by molar-refractivity contribution is -0.141. The van der Waals surface area contributed by atoms with Crippen LogP contribution in [-0.2, 0) is 40.0 Å². The summed E-state index contributed by atoms with van der Waals surface area (Å²) in [5, 5.41) is 28.9. The molecule has 20 heteroatoms. The minimum atomic E-state index is -1.22. The molecule has 1 heterocycles. The van der Waals surface area contributed by atoms with Gasteiger partial charge in [-0.05, 0) is 75.5 Å². The van der Waals surface area contributed by atoms with Crippen LogP contribution in [0.5, 0.6) is 5.75 Å². The Labute approximate surface area is 405 Å². The van der Waals surface area contributed by atoms with Crippen molar-refractivity contribution in [1.82, 2.24) is 36.8 Å². The third kappa shape index (κ3) is 14.4. The van der Waals surface area contributed by atoms with E-state index >= 15 is 0 Å². The minimum Gasteiger partial charge on any atom is -0.508 e. The van der Waals surface area contributed by atoms with Gasteiger partial charge in [-0.1, -0.05) is 62.4 Å². The zero-order valence-corrected chi connectivity index (χ0v) is 40.3. The summed E-state index contributed by atoms with van der Waals surface area (Å²) in [6, 6.07) is 11.7. The summed E-state index contributed by atoms with van der Waals surface area (Å²) in [7, 11) is 0. The summed E-state index contributed by atoms with van der Waals surface area (Å²) in [5.41, 5.74) is 8.09. The number of rotatable bonds is 23. The zero-order valence-electron chi connectivity index (χ0n) is 39.5. The number of hydrogen-bond donors (Lipinski definition) is 9. The van der Waals surface area contributed by atoms with Crippen molar-refractivity contribution in [2.75, 3.05) is 43.5 Å². The van der Waals surface area contributed by atoms with Crippen LogP contribution in [0.25, 0.3) is 0 Å². The van der Waals surface area contributed by atoms with E-state index in [9.17, 15) is 48.3 Å². The fraction of sp³-hybridized carbons (Fsp3) is 0.449. The molecular formula is C49H63N9O10S. The predicted octanol–water partition coefficient (Wildman–Crippen LogP) is 1.15. The fourth-order valence-corrected chi connectivity index (χ4v) is 8.64. The molecule has 0 aromatic heterocycles. The number of likely N-dealkylation sites (tertiary alicyclic amines) is 1. The number of anilines is 1. The van der Waals surface area contributed by atoms with Crippen molar-refractivity contribution < 1.29 is 48.3 Å². The number of nitrogens with zero attached hydrogens (tertiary/aromatic N) is 1. The molecule has 3 aromatic carbocycles. The van der Waals surface area contributed by atoms with Crippen LogP contribution >= 0.6 is 11.8 Å². The highest BCUT2D eigenvalue weighted by atomic mass is 32.2. The van der Waals surface area contributed by atoms with Crippen LogP contribution in [0.4, 0.5) is 5.69 Å². The Balaban J connectivity index is 1.14. The molecule has 1 aliphatic heterocycles. The van der Waals surface area contributed by atoms with Crippen molar-refractivity contribution in [2.24, 2.45) is 11.7 Å². The second-order valence-electron chi connectivity index (χ2n) is 17.6. The van der Waals surface area contributed by atoms with Crippen LogP contribution < -0.4 is 43.0 Å². The molecule has 6 atom stereocenters. The number of aromatic hydroxyl groups is 1. The average Bonchev–Trinajstić information content (AvgIpc) is 3.82. The summed E-state index contributed by atoms with van der Waals surface area (Å²) in [4.78, 5) is 121. The van der Waals surface area contributed by atoms with Crippen molar-refractivity contribution in [3.63, 3.8) is 0 Å². The normalized spacial score (nSPS) is 16.2. The largest absolute Gasteiger partial charge is 0.508 e. The molecule has 3 aromatic rings. The lowest BCUT2D eigenvalue weighted by Gasteiger charge is -2.29. The first-order valence-electron chi connectivity index (χ1n) is 23.0. The number of amides is 7. The number of ketones is 2. The third-order valence-electron chi connectivity index (χ3n) is 11.7. The van der Waals surface area contributed by atoms with E-state index in [0.29, 0.717) is 65.9 Å². The van der Waals surface area contributed by atoms with Gasteiger partial charge < -0.3 is 53.0 Å². The summed E-state index contributed by atoms with van der Waals surface area (Å²) >= 11 is 1.25. The highest BCUT2D eigenvalue weighted by Gasteiger charge is 2.38. The molecule has 1 aliphatic carbocycles. The van der Waals surface area contributed by atoms with Gasteiger partial charge in [-0.15, -0.1) is 0 Å². The van der Waals surface area contributed by atoms with Gasteiger partial charge in [0, 0.05) is 54.2 Å². The highest BCUT2D eigenvalue weighted by Crippen LogP contribution is 2.32. The van der Waals surface area contributed by atoms with Gasteiger partial charge >= 0.3 is 0 Å². The Hall–Kier alpha value is -6.80. The minimum absolute atomic E-state index is 0.00566. The molecule has 370 valence electrons. The molecule has 69 heavy (non-hydrogen) atoms. The van der Waals surface area contributed by atoms with E-state index in [0.717, 1.165) is 0 Å². The molecule has 2 aliphatic rings. The number of fused-ring (bicyclic) bond motifs is 2. The number of nitrogens with two attached hydrogens (primary N) is 1. The smallest absolute Gasteiger partial charge is 0.245 e. The maximum absolute atomic E-state index is 14.0. The Kier molecular flexibility index (Phi) is 19.3. The van der Waals surface area contributed by atoms with Crippen molar-refractivity contribution >= 4 is 70.4 Å². The van der Waals surface area contributed by atoms with Crippen molar-refractivity contribution in [1.29, 1.82) is 0 Å². The lowest BCUT2D eigenvalue weighted by atomic mass is 9.83. The van der Waals surface area contributed by atoms with Crippen molar-refractivity contribution in [3.8, 4) is 5.75 Å². The van der Waals surface area contributed by atoms with Gasteiger partial charge in [0.25, 0.3) is 0 Å². The van der Waals surface area contributed by atoms with Gasteiger partial charge in [-0.3, -0.25) is 43.2 Å². The van der Waals surface area contributed by atoms with Gasteiger partial charge in [-0.2, -0.15) is 11.8 Å². The number of phenols is 1. The van der Waals surface area contributed by atoms with Crippen LogP contribution in [0.1, 0.15) is 90.8 Å². The number of carbonyl (C=O) groups excluding carboxylic acids is 9. The molecule has 10 N–H and O–H groups in total. The second-order valence-corrected chi connectivity index (χ2v) is 18.5. The predicted molar refractivity (Wildman–Crippen MR) is 260 cm³/mol. The summed E-state index contributed by atoms with van der Waals surface area (Å²) in [6.45, 7) is 7.08. The number of hydrogen-bond acceptors (Lipinski definition) is 13. The Bertz CT molecular complexity index is 2390. The molecule has 0 bridgehead atoms. The third-order valence-corrected chi connectivity index (χ3v) is 12.3. The van der Waals surface area contributed by atoms with Crippen molar-refractivity contribution in [3.05, 3.63) is 94.5 Å². The van der Waals surface area contributed by atoms with Crippen LogP contribution in [-0.4, -0.2) is 137 Å². The Morgan fingerprint density at radius 2 is 1.41 bits per heavy atom. The molecule has 1 fully saturated rings. The molecule has 5 rings (SSSR count). The molecular weight excluding hydrogens is 907 g/mol. The van der Waals surface area contributed by atoms with Crippen LogP contribution in [0.3, 0.4) is 0 Å². The maximum Gasteiger partial charge on any atom is 0.245 e. The topological polar surface area (TPSA) is 287 Å². The summed E-state index contributed by atoms with van der Waals surface area (Å²) in [6.07, 6.45) is 3.41. The quantitative estimate of drug-likeness (QED) is 0.0473. The van der Waals surface area contributed by atoms with E-state index in [4.69, 9.17) is 5.73 Å². The van der Waals surface area contributed by atoms with E-state index in [-0.39, 0.29) is 54.3 Å². The fourth-order valence-electron chi connectivity index (χ4n) is 8.07. The van der Waals surface area contributed by atoms with Gasteiger partial charge in [0.2, 0.25) is 41.4 Å². The van der Waals surface area contributed by atoms with Gasteiger partial charge in [0.1, 0.15) is 36.0 Å². The van der Waals surface area contributed by atoms with E-state index in [1.165, 1.54) is 42.6 Å². The standard InChI is InChI=1S/C49H63N9O10S/c1-27(2)23-37(49(68)58-22-9-15-39(58)48(67)52-21-10-20-51-35-14-8-13-34-41(35)43(62)33-12-7-6-11-32(33)42(34)61)55-40(60)25-53-46(65)38(26-69-5)57-47(66)36(24-30-16-18-31(59)19-17-30)56-45(64)29(4)54-44(63)28(3)50/h6-8,11-14,16-19,27-29,36-39,51,59H,9-10,15,20-26,50H2,1-5H3,(H,52,67)(H,53,65)(H,54,63)(H,55,60)(H,56,64)(H,57,66)/t28-,29-,36-,37-,38-,39-/m0/s1. The van der Waals surface area contributed by atoms with E-state index in [1.54, 1.807) is 60.9 Å². The number of nitrogens with one attached hydrogen (secondary N) is 7. The molecule has 0 radical (unpaired) electrons. The van der Waals surface area contributed by atoms with Crippen LogP contribution in [0.15, 0.2) is 66.7 Å². The first-order valence-corrected chi connectivity index (χ1v) is 24.4. The van der Waals surface area contributed by atoms with Crippen LogP contribution in [0.2, 0.25) is 0 Å². The number of carbonyl (C=O) groups is 9. The second kappa shape index (κ2) is 25.0. The van der Waals surface area contributed by atoms with Gasteiger partial charge in [-0.25, -0.2) is 0 Å². The molecule has 19 nitrogen and oxygen atoms in total. The molecule has 0 spiro atoms. The average molecular weight is 970 g/mol. The summed E-state index contributed by atoms with van der Waals surface area (Å²) < 4.78 is 0. The van der Waals surface area contributed by atoms with E-state index in [2.05, 4.69) is 37.2 Å². The molecule has 0 unspecified atom stereocenters. The first kappa shape index (κ1) is 53.2. The number of thioether (sulfide) groups is 1. The number of benzene rings is 3. The maximum atomic E-state index is 14.0. The summed E-state index contributed by atoms with van der Waals surface area (Å²) in [5.74, 6) is -4.52. The first-order chi connectivity index (χ1) is 32.9. The van der Waals surface area contributed by atoms with E-state index in [1.807, 2.05) is 13.8 Å². The Morgan fingerprint density at radius 3 is 2.07 bits per heavy atom. The van der Waals surface area contributed by atoms with Gasteiger partial charge in [0.15, 0.2) is 11.6 Å². The van der Waals surface area contributed by atoms with Crippen molar-refractivity contribution in [2.45, 2.75) is 96.1 Å². The molecule has 1 saturated heterocycles. The van der Waals surface area contributed by atoms with E-state index < -0.39 is 78.2 Å². The Morgan fingerprint density at radius 1 is 0.739 bits per heavy atom. The number of phenolic OH excluding ortho intramolecular Hbond substituents is 1. The lowest BCUT2D eigenvalue weighted by Crippen LogP contribution is -2.58. The highest BCUT2D eigenvalue weighted by molar-refractivity contribution is 7.98. The molecule has 0 saturated carbocycles. The monoisotopic (exact) mass is 969 g/mol.